The number of hydrogen-bond acceptors (Lipinski definition) is 4. The van der Waals surface area contributed by atoms with Gasteiger partial charge in [0.2, 0.25) is 5.91 Å². The van der Waals surface area contributed by atoms with Crippen LogP contribution in [0.4, 0.5) is 4.39 Å². The normalized spacial score (nSPS) is 21.9. The molecule has 2 N–H and O–H groups in total. The van der Waals surface area contributed by atoms with Gasteiger partial charge in [-0.2, -0.15) is 17.0 Å². The first kappa shape index (κ1) is 24.7. The number of carbonyl (C=O) groups is 1. The Morgan fingerprint density at radius 2 is 2.00 bits per heavy atom. The van der Waals surface area contributed by atoms with Crippen LogP contribution < -0.4 is 10.6 Å². The maximum absolute atomic E-state index is 13.9. The van der Waals surface area contributed by atoms with E-state index in [9.17, 15) is 9.18 Å². The van der Waals surface area contributed by atoms with Crippen molar-refractivity contribution in [3.63, 3.8) is 0 Å². The summed E-state index contributed by atoms with van der Waals surface area (Å²) < 4.78 is 13.9. The van der Waals surface area contributed by atoms with Gasteiger partial charge in [0, 0.05) is 55.7 Å². The maximum atomic E-state index is 13.9. The minimum atomic E-state index is -0.345. The van der Waals surface area contributed by atoms with Crippen LogP contribution in [-0.2, 0) is 11.3 Å². The molecule has 1 aliphatic carbocycles. The molecule has 9 heteroatoms. The zero-order chi connectivity index (χ0) is 20.6. The number of nitriles is 1. The summed E-state index contributed by atoms with van der Waals surface area (Å²) in [6, 6.07) is 6.60. The fourth-order valence-corrected chi connectivity index (χ4v) is 4.78. The number of amides is 1. The summed E-state index contributed by atoms with van der Waals surface area (Å²) in [4.78, 5) is 18.9. The van der Waals surface area contributed by atoms with Crippen molar-refractivity contribution in [2.45, 2.75) is 38.3 Å². The van der Waals surface area contributed by atoms with Crippen LogP contribution in [0.15, 0.2) is 23.2 Å². The van der Waals surface area contributed by atoms with Gasteiger partial charge in [-0.1, -0.05) is 0 Å². The van der Waals surface area contributed by atoms with Crippen molar-refractivity contribution in [2.24, 2.45) is 10.9 Å². The van der Waals surface area contributed by atoms with Gasteiger partial charge in [0.1, 0.15) is 5.82 Å². The highest BCUT2D eigenvalue weighted by atomic mass is 127. The van der Waals surface area contributed by atoms with E-state index < -0.39 is 0 Å². The van der Waals surface area contributed by atoms with Crippen molar-refractivity contribution in [2.75, 3.05) is 31.6 Å². The van der Waals surface area contributed by atoms with Crippen molar-refractivity contribution in [3.05, 3.63) is 35.1 Å². The molecular formula is C21H29FIN5OS. The second-order valence-corrected chi connectivity index (χ2v) is 8.70. The number of guanidine groups is 1. The Labute approximate surface area is 199 Å². The fourth-order valence-electron chi connectivity index (χ4n) is 3.87. The average Bonchev–Trinajstić information content (AvgIpc) is 2.78. The zero-order valence-corrected chi connectivity index (χ0v) is 20.3. The SMILES string of the molecule is CN=C(NCc1cc(C#N)ccc1F)NC1CCC(C(=O)N2CCSCC2)CC1.I. The molecule has 1 heterocycles. The van der Waals surface area contributed by atoms with E-state index in [4.69, 9.17) is 5.26 Å². The Morgan fingerprint density at radius 1 is 1.30 bits per heavy atom. The molecule has 164 valence electrons. The van der Waals surface area contributed by atoms with Crippen molar-refractivity contribution < 1.29 is 9.18 Å². The van der Waals surface area contributed by atoms with Gasteiger partial charge >= 0.3 is 0 Å². The number of nitrogens with zero attached hydrogens (tertiary/aromatic N) is 3. The summed E-state index contributed by atoms with van der Waals surface area (Å²) in [6.07, 6.45) is 3.60. The van der Waals surface area contributed by atoms with E-state index in [0.717, 1.165) is 50.3 Å². The molecule has 1 saturated carbocycles. The summed E-state index contributed by atoms with van der Waals surface area (Å²) in [5, 5.41) is 15.5. The van der Waals surface area contributed by atoms with Crippen LogP contribution in [-0.4, -0.2) is 54.5 Å². The Kier molecular flexibility index (Phi) is 10.2. The smallest absolute Gasteiger partial charge is 0.225 e. The molecule has 1 amide bonds. The number of benzene rings is 1. The number of carbonyl (C=O) groups excluding carboxylic acids is 1. The molecule has 0 radical (unpaired) electrons. The number of halogens is 2. The van der Waals surface area contributed by atoms with E-state index >= 15 is 0 Å². The van der Waals surface area contributed by atoms with Gasteiger partial charge in [-0.05, 0) is 43.9 Å². The standard InChI is InChI=1S/C21H28FN5OS.HI/c1-24-21(25-14-17-12-15(13-23)2-7-19(17)22)26-18-5-3-16(4-6-18)20(28)27-8-10-29-11-9-27;/h2,7,12,16,18H,3-6,8-11,14H2,1H3,(H2,24,25,26);1H. The van der Waals surface area contributed by atoms with E-state index in [1.807, 2.05) is 22.7 Å². The van der Waals surface area contributed by atoms with Crippen LogP contribution in [0, 0.1) is 23.1 Å². The van der Waals surface area contributed by atoms with Crippen LogP contribution >= 0.6 is 35.7 Å². The van der Waals surface area contributed by atoms with E-state index in [1.54, 1.807) is 13.1 Å². The third-order valence-electron chi connectivity index (χ3n) is 5.58. The van der Waals surface area contributed by atoms with Gasteiger partial charge < -0.3 is 15.5 Å². The molecular weight excluding hydrogens is 516 g/mol. The van der Waals surface area contributed by atoms with Crippen LogP contribution in [0.2, 0.25) is 0 Å². The van der Waals surface area contributed by atoms with Crippen LogP contribution in [0.5, 0.6) is 0 Å². The lowest BCUT2D eigenvalue weighted by Gasteiger charge is -2.34. The Morgan fingerprint density at radius 3 is 2.63 bits per heavy atom. The molecule has 1 aromatic rings. The predicted molar refractivity (Wildman–Crippen MR) is 130 cm³/mol. The molecule has 30 heavy (non-hydrogen) atoms. The third-order valence-corrected chi connectivity index (χ3v) is 6.53. The molecule has 0 bridgehead atoms. The molecule has 0 spiro atoms. The lowest BCUT2D eigenvalue weighted by Crippen LogP contribution is -2.47. The molecule has 0 aromatic heterocycles. The Bertz CT molecular complexity index is 786. The number of rotatable bonds is 4. The topological polar surface area (TPSA) is 80.5 Å². The molecule has 3 rings (SSSR count). The van der Waals surface area contributed by atoms with Crippen LogP contribution in [0.25, 0.3) is 0 Å². The molecule has 1 aliphatic heterocycles. The van der Waals surface area contributed by atoms with Gasteiger partial charge in [-0.3, -0.25) is 9.79 Å². The van der Waals surface area contributed by atoms with Crippen molar-refractivity contribution in [1.82, 2.24) is 15.5 Å². The number of thioether (sulfide) groups is 1. The number of aliphatic imine (C=N–C) groups is 1. The van der Waals surface area contributed by atoms with E-state index in [2.05, 4.69) is 15.6 Å². The number of nitrogens with one attached hydrogen (secondary N) is 2. The monoisotopic (exact) mass is 545 g/mol. The highest BCUT2D eigenvalue weighted by Gasteiger charge is 2.30. The summed E-state index contributed by atoms with van der Waals surface area (Å²) >= 11 is 1.91. The minimum absolute atomic E-state index is 0. The molecule has 2 fully saturated rings. The largest absolute Gasteiger partial charge is 0.354 e. The summed E-state index contributed by atoms with van der Waals surface area (Å²) in [5.74, 6) is 2.80. The van der Waals surface area contributed by atoms with Gasteiger partial charge in [0.25, 0.3) is 0 Å². The van der Waals surface area contributed by atoms with Crippen molar-refractivity contribution in [3.8, 4) is 6.07 Å². The van der Waals surface area contributed by atoms with E-state index in [-0.39, 0.29) is 48.3 Å². The van der Waals surface area contributed by atoms with E-state index in [1.165, 1.54) is 12.1 Å². The second-order valence-electron chi connectivity index (χ2n) is 7.47. The van der Waals surface area contributed by atoms with Gasteiger partial charge in [0.15, 0.2) is 5.96 Å². The lowest BCUT2D eigenvalue weighted by molar-refractivity contribution is -0.136. The predicted octanol–water partition coefficient (Wildman–Crippen LogP) is 3.11. The van der Waals surface area contributed by atoms with Crippen molar-refractivity contribution >= 4 is 47.6 Å². The second kappa shape index (κ2) is 12.3. The lowest BCUT2D eigenvalue weighted by atomic mass is 9.85. The number of hydrogen-bond donors (Lipinski definition) is 2. The quantitative estimate of drug-likeness (QED) is 0.346. The first-order chi connectivity index (χ1) is 14.1. The summed E-state index contributed by atoms with van der Waals surface area (Å²) in [7, 11) is 1.68. The van der Waals surface area contributed by atoms with Gasteiger partial charge in [-0.25, -0.2) is 4.39 Å². The van der Waals surface area contributed by atoms with Gasteiger partial charge in [0.05, 0.1) is 11.6 Å². The first-order valence-electron chi connectivity index (χ1n) is 10.1. The maximum Gasteiger partial charge on any atom is 0.225 e. The first-order valence-corrected chi connectivity index (χ1v) is 11.3. The van der Waals surface area contributed by atoms with Crippen LogP contribution in [0.3, 0.4) is 0 Å². The Balaban J connectivity index is 0.00000320. The third kappa shape index (κ3) is 6.74. The molecule has 6 nitrogen and oxygen atoms in total. The molecule has 1 saturated heterocycles. The zero-order valence-electron chi connectivity index (χ0n) is 17.2. The highest BCUT2D eigenvalue weighted by Crippen LogP contribution is 2.27. The summed E-state index contributed by atoms with van der Waals surface area (Å²) in [6.45, 7) is 2.01. The molecule has 2 aliphatic rings. The van der Waals surface area contributed by atoms with Crippen molar-refractivity contribution in [1.29, 1.82) is 5.26 Å². The fraction of sp³-hybridized carbons (Fsp3) is 0.571. The summed E-state index contributed by atoms with van der Waals surface area (Å²) in [5.41, 5.74) is 0.863. The van der Waals surface area contributed by atoms with Gasteiger partial charge in [-0.15, -0.1) is 24.0 Å². The minimum Gasteiger partial charge on any atom is -0.354 e. The average molecular weight is 545 g/mol. The molecule has 1 aromatic carbocycles. The van der Waals surface area contributed by atoms with E-state index in [0.29, 0.717) is 23.0 Å². The highest BCUT2D eigenvalue weighted by molar-refractivity contribution is 14.0. The molecule has 0 atom stereocenters. The van der Waals surface area contributed by atoms with Crippen LogP contribution in [0.1, 0.15) is 36.8 Å². The Hall–Kier alpha value is -1.54. The molecule has 0 unspecified atom stereocenters.